The van der Waals surface area contributed by atoms with Crippen LogP contribution < -0.4 is 10.1 Å². The number of alkyl halides is 1. The molecule has 1 aliphatic heterocycles. The Bertz CT molecular complexity index is 1030. The SMILES string of the molecule is C=C/C=C(\C=C)COC(=C/CCl)/C(C)=C1\[NH2+]CCc2cc(OCc3ccccc3)ccc21. The van der Waals surface area contributed by atoms with Gasteiger partial charge in [-0.15, -0.1) is 11.6 Å². The lowest BCUT2D eigenvalue weighted by atomic mass is 9.94. The van der Waals surface area contributed by atoms with Gasteiger partial charge in [-0.2, -0.15) is 0 Å². The predicted molar refractivity (Wildman–Crippen MR) is 134 cm³/mol. The molecule has 0 atom stereocenters. The van der Waals surface area contributed by atoms with Crippen molar-refractivity contribution >= 4 is 17.3 Å². The molecule has 3 rings (SSSR count). The Morgan fingerprint density at radius 2 is 1.97 bits per heavy atom. The Morgan fingerprint density at radius 3 is 2.69 bits per heavy atom. The number of hydrogen-bond acceptors (Lipinski definition) is 2. The van der Waals surface area contributed by atoms with Gasteiger partial charge in [0.1, 0.15) is 30.4 Å². The van der Waals surface area contributed by atoms with Crippen molar-refractivity contribution < 1.29 is 14.8 Å². The van der Waals surface area contributed by atoms with Crippen molar-refractivity contribution in [3.63, 3.8) is 0 Å². The van der Waals surface area contributed by atoms with Crippen molar-refractivity contribution in [1.82, 2.24) is 0 Å². The summed E-state index contributed by atoms with van der Waals surface area (Å²) in [6, 6.07) is 16.6. The molecule has 0 radical (unpaired) electrons. The maximum Gasteiger partial charge on any atom is 0.143 e. The third kappa shape index (κ3) is 6.25. The van der Waals surface area contributed by atoms with Crippen LogP contribution in [0.1, 0.15) is 23.6 Å². The van der Waals surface area contributed by atoms with Crippen LogP contribution in [0, 0.1) is 0 Å². The highest BCUT2D eigenvalue weighted by Gasteiger charge is 2.22. The largest absolute Gasteiger partial charge is 0.489 e. The molecule has 0 bridgehead atoms. The van der Waals surface area contributed by atoms with E-state index in [1.807, 2.05) is 36.4 Å². The fourth-order valence-electron chi connectivity index (χ4n) is 3.72. The molecule has 0 fully saturated rings. The highest BCUT2D eigenvalue weighted by molar-refractivity contribution is 6.19. The van der Waals surface area contributed by atoms with Crippen LogP contribution in [0.5, 0.6) is 5.75 Å². The highest BCUT2D eigenvalue weighted by atomic mass is 35.5. The van der Waals surface area contributed by atoms with Crippen LogP contribution in [0.3, 0.4) is 0 Å². The average molecular weight is 449 g/mol. The fraction of sp³-hybridized carbons (Fsp3) is 0.214. The van der Waals surface area contributed by atoms with E-state index in [1.165, 1.54) is 16.8 Å². The van der Waals surface area contributed by atoms with Crippen molar-refractivity contribution in [3.05, 3.63) is 120 Å². The number of allylic oxidation sites excluding steroid dienone is 4. The molecule has 1 aliphatic rings. The molecule has 0 aromatic heterocycles. The second-order valence-corrected chi connectivity index (χ2v) is 7.88. The van der Waals surface area contributed by atoms with E-state index in [0.29, 0.717) is 19.1 Å². The van der Waals surface area contributed by atoms with Gasteiger partial charge in [0.2, 0.25) is 0 Å². The third-order valence-electron chi connectivity index (χ3n) is 5.40. The molecule has 0 aliphatic carbocycles. The second kappa shape index (κ2) is 12.1. The van der Waals surface area contributed by atoms with Crippen molar-refractivity contribution in [1.29, 1.82) is 0 Å². The lowest BCUT2D eigenvalue weighted by molar-refractivity contribution is -0.565. The second-order valence-electron chi connectivity index (χ2n) is 7.57. The third-order valence-corrected chi connectivity index (χ3v) is 5.56. The Hall–Kier alpha value is -3.01. The molecule has 0 spiro atoms. The number of nitrogens with two attached hydrogens (primary N) is 1. The normalized spacial score (nSPS) is 15.6. The van der Waals surface area contributed by atoms with E-state index in [-0.39, 0.29) is 0 Å². The first-order chi connectivity index (χ1) is 15.7. The molecule has 3 nitrogen and oxygen atoms in total. The lowest BCUT2D eigenvalue weighted by Crippen LogP contribution is -2.83. The standard InChI is InChI=1S/C28H30ClNO2/c1-4-9-22(5-2)19-32-27(14-16-29)21(3)28-26-13-12-25(18-24(26)15-17-30-28)31-20-23-10-7-6-8-11-23/h4-14,18,30H,1-2,15-17,19-20H2,3H3/p+1/b22-9+,27-14+,28-21-. The summed E-state index contributed by atoms with van der Waals surface area (Å²) >= 11 is 6.04. The number of quaternary nitrogens is 1. The molecule has 0 saturated carbocycles. The Balaban J connectivity index is 1.81. The molecular weight excluding hydrogens is 418 g/mol. The van der Waals surface area contributed by atoms with E-state index in [2.05, 4.69) is 49.7 Å². The molecule has 0 unspecified atom stereocenters. The zero-order valence-electron chi connectivity index (χ0n) is 18.6. The van der Waals surface area contributed by atoms with Gasteiger partial charge < -0.3 is 14.8 Å². The molecule has 32 heavy (non-hydrogen) atoms. The summed E-state index contributed by atoms with van der Waals surface area (Å²) < 4.78 is 12.2. The summed E-state index contributed by atoms with van der Waals surface area (Å²) in [6.45, 7) is 11.6. The number of ether oxygens (including phenoxy) is 2. The lowest BCUT2D eigenvalue weighted by Gasteiger charge is -2.21. The van der Waals surface area contributed by atoms with Gasteiger partial charge in [-0.1, -0.05) is 61.7 Å². The number of halogens is 1. The summed E-state index contributed by atoms with van der Waals surface area (Å²) in [4.78, 5) is 0. The van der Waals surface area contributed by atoms with Gasteiger partial charge in [-0.25, -0.2) is 0 Å². The highest BCUT2D eigenvalue weighted by Crippen LogP contribution is 2.28. The summed E-state index contributed by atoms with van der Waals surface area (Å²) in [7, 11) is 0. The zero-order chi connectivity index (χ0) is 22.8. The maximum atomic E-state index is 6.12. The van der Waals surface area contributed by atoms with Crippen molar-refractivity contribution in [2.24, 2.45) is 0 Å². The molecule has 1 heterocycles. The topological polar surface area (TPSA) is 35.1 Å². The first-order valence-electron chi connectivity index (χ1n) is 10.8. The first-order valence-corrected chi connectivity index (χ1v) is 11.4. The van der Waals surface area contributed by atoms with Crippen LogP contribution in [0.25, 0.3) is 5.70 Å². The van der Waals surface area contributed by atoms with Gasteiger partial charge in [-0.3, -0.25) is 0 Å². The van der Waals surface area contributed by atoms with Crippen LogP contribution in [0.2, 0.25) is 0 Å². The van der Waals surface area contributed by atoms with Crippen LogP contribution >= 0.6 is 11.6 Å². The number of benzene rings is 2. The summed E-state index contributed by atoms with van der Waals surface area (Å²) in [6.07, 6.45) is 8.32. The number of hydrogen-bond donors (Lipinski definition) is 1. The Kier molecular flexibility index (Phi) is 8.97. The maximum absolute atomic E-state index is 6.12. The molecule has 0 amide bonds. The molecule has 2 N–H and O–H groups in total. The molecule has 166 valence electrons. The summed E-state index contributed by atoms with van der Waals surface area (Å²) in [5, 5.41) is 2.28. The fourth-order valence-corrected chi connectivity index (χ4v) is 3.86. The van der Waals surface area contributed by atoms with Gasteiger partial charge in [0.15, 0.2) is 0 Å². The van der Waals surface area contributed by atoms with Crippen molar-refractivity contribution in [2.45, 2.75) is 20.0 Å². The minimum absolute atomic E-state index is 0.383. The average Bonchev–Trinajstić information content (AvgIpc) is 2.84. The molecule has 0 saturated heterocycles. The van der Waals surface area contributed by atoms with E-state index < -0.39 is 0 Å². The molecule has 2 aromatic carbocycles. The Labute approximate surface area is 196 Å². The van der Waals surface area contributed by atoms with E-state index in [4.69, 9.17) is 21.1 Å². The molecule has 2 aromatic rings. The summed E-state index contributed by atoms with van der Waals surface area (Å²) in [5.41, 5.74) is 6.89. The number of fused-ring (bicyclic) bond motifs is 1. The minimum Gasteiger partial charge on any atom is -0.489 e. The predicted octanol–water partition coefficient (Wildman–Crippen LogP) is 5.55. The zero-order valence-corrected chi connectivity index (χ0v) is 19.4. The quantitative estimate of drug-likeness (QED) is 0.293. The Morgan fingerprint density at radius 1 is 1.16 bits per heavy atom. The van der Waals surface area contributed by atoms with Crippen LogP contribution in [0.15, 0.2) is 103 Å². The first kappa shape index (κ1) is 23.6. The monoisotopic (exact) mass is 448 g/mol. The van der Waals surface area contributed by atoms with Gasteiger partial charge in [-0.05, 0) is 47.9 Å². The van der Waals surface area contributed by atoms with Gasteiger partial charge >= 0.3 is 0 Å². The molecule has 4 heteroatoms. The van der Waals surface area contributed by atoms with E-state index >= 15 is 0 Å². The van der Waals surface area contributed by atoms with Crippen molar-refractivity contribution in [3.8, 4) is 5.75 Å². The van der Waals surface area contributed by atoms with Gasteiger partial charge in [0, 0.05) is 17.9 Å². The van der Waals surface area contributed by atoms with E-state index in [0.717, 1.165) is 41.2 Å². The van der Waals surface area contributed by atoms with Crippen LogP contribution in [-0.2, 0) is 17.8 Å². The van der Waals surface area contributed by atoms with E-state index in [1.54, 1.807) is 12.2 Å². The number of rotatable bonds is 10. The van der Waals surface area contributed by atoms with E-state index in [9.17, 15) is 0 Å². The smallest absolute Gasteiger partial charge is 0.143 e. The van der Waals surface area contributed by atoms with Crippen LogP contribution in [0.4, 0.5) is 0 Å². The van der Waals surface area contributed by atoms with Crippen LogP contribution in [-0.4, -0.2) is 19.0 Å². The van der Waals surface area contributed by atoms with Gasteiger partial charge in [0.05, 0.1) is 12.1 Å². The summed E-state index contributed by atoms with van der Waals surface area (Å²) in [5.74, 6) is 2.07. The minimum atomic E-state index is 0.383. The molecular formula is C28H31ClNO2+. The van der Waals surface area contributed by atoms with Crippen molar-refractivity contribution in [2.75, 3.05) is 19.0 Å². The van der Waals surface area contributed by atoms with Gasteiger partial charge in [0.25, 0.3) is 0 Å².